The molecule has 1 aromatic rings. The molecule has 0 aromatic heterocycles. The van der Waals surface area contributed by atoms with Gasteiger partial charge in [-0.3, -0.25) is 15.0 Å². The average molecular weight is 318 g/mol. The fourth-order valence-corrected chi connectivity index (χ4v) is 2.47. The van der Waals surface area contributed by atoms with E-state index in [0.29, 0.717) is 38.3 Å². The summed E-state index contributed by atoms with van der Waals surface area (Å²) < 4.78 is 0. The number of nitrogens with zero attached hydrogens (tertiary/aromatic N) is 3. The lowest BCUT2D eigenvalue weighted by Gasteiger charge is -2.34. The third kappa shape index (κ3) is 4.19. The Bertz CT molecular complexity index is 592. The molecule has 0 saturated carbocycles. The van der Waals surface area contributed by atoms with E-state index in [-0.39, 0.29) is 17.8 Å². The van der Waals surface area contributed by atoms with E-state index in [1.165, 1.54) is 0 Å². The van der Waals surface area contributed by atoms with Crippen molar-refractivity contribution < 1.29 is 9.59 Å². The van der Waals surface area contributed by atoms with Crippen LogP contribution in [-0.2, 0) is 16.0 Å². The molecule has 1 aromatic carbocycles. The Morgan fingerprint density at radius 2 is 1.65 bits per heavy atom. The number of guanidine groups is 1. The van der Waals surface area contributed by atoms with Gasteiger partial charge in [0.15, 0.2) is 0 Å². The van der Waals surface area contributed by atoms with Gasteiger partial charge in [-0.25, -0.2) is 10.9 Å². The highest BCUT2D eigenvalue weighted by Crippen LogP contribution is 2.14. The van der Waals surface area contributed by atoms with Gasteiger partial charge in [0.2, 0.25) is 17.8 Å². The number of piperazine rings is 1. The van der Waals surface area contributed by atoms with E-state index in [1.807, 2.05) is 0 Å². The number of carbonyl (C=O) groups is 2. The minimum atomic E-state index is -0.253. The van der Waals surface area contributed by atoms with Crippen LogP contribution in [0.1, 0.15) is 12.5 Å². The Kier molecular flexibility index (Phi) is 5.17. The number of nitrogens with one attached hydrogen (secondary N) is 1. The van der Waals surface area contributed by atoms with Crippen molar-refractivity contribution in [3.05, 3.63) is 29.8 Å². The number of nitrogens with two attached hydrogens (primary N) is 2. The van der Waals surface area contributed by atoms with Gasteiger partial charge in [0, 0.05) is 33.1 Å². The van der Waals surface area contributed by atoms with E-state index in [2.05, 4.69) is 0 Å². The predicted molar refractivity (Wildman–Crippen MR) is 87.6 cm³/mol. The molecule has 0 bridgehead atoms. The zero-order valence-electron chi connectivity index (χ0n) is 13.2. The van der Waals surface area contributed by atoms with Gasteiger partial charge in [-0.05, 0) is 17.7 Å². The van der Waals surface area contributed by atoms with Gasteiger partial charge in [-0.15, -0.1) is 0 Å². The van der Waals surface area contributed by atoms with E-state index >= 15 is 0 Å². The minimum Gasteiger partial charge on any atom is -0.369 e. The second-order valence-corrected chi connectivity index (χ2v) is 5.49. The summed E-state index contributed by atoms with van der Waals surface area (Å²) in [6.45, 7) is 3.84. The number of hydrogen-bond donors (Lipinski definition) is 3. The lowest BCUT2D eigenvalue weighted by molar-refractivity contribution is -0.138. The number of hydrogen-bond acceptors (Lipinski definition) is 4. The number of amides is 2. The lowest BCUT2D eigenvalue weighted by Crippen LogP contribution is -2.50. The van der Waals surface area contributed by atoms with E-state index < -0.39 is 0 Å². The quantitative estimate of drug-likeness (QED) is 0.300. The molecule has 124 valence electrons. The van der Waals surface area contributed by atoms with Crippen LogP contribution < -0.4 is 16.6 Å². The Morgan fingerprint density at radius 1 is 1.13 bits per heavy atom. The number of benzene rings is 1. The smallest absolute Gasteiger partial charge is 0.227 e. The Hall–Kier alpha value is -2.61. The first kappa shape index (κ1) is 16.8. The van der Waals surface area contributed by atoms with Crippen molar-refractivity contribution >= 4 is 23.5 Å². The number of carbonyl (C=O) groups excluding carboxylic acids is 2. The molecule has 8 heteroatoms. The highest BCUT2D eigenvalue weighted by Gasteiger charge is 2.22. The van der Waals surface area contributed by atoms with E-state index in [9.17, 15) is 9.59 Å². The van der Waals surface area contributed by atoms with Gasteiger partial charge in [0.05, 0.1) is 12.1 Å². The average Bonchev–Trinajstić information content (AvgIpc) is 2.54. The molecular formula is C15H22N6O2. The second kappa shape index (κ2) is 7.10. The van der Waals surface area contributed by atoms with Crippen LogP contribution in [-0.4, -0.2) is 53.8 Å². The topological polar surface area (TPSA) is 120 Å². The Labute approximate surface area is 135 Å². The summed E-state index contributed by atoms with van der Waals surface area (Å²) in [5.41, 5.74) is 6.76. The maximum Gasteiger partial charge on any atom is 0.227 e. The van der Waals surface area contributed by atoms with Crippen molar-refractivity contribution in [2.75, 3.05) is 31.2 Å². The summed E-state index contributed by atoms with van der Waals surface area (Å²) in [6.07, 6.45) is 0.297. The third-order valence-corrected chi connectivity index (χ3v) is 3.91. The molecule has 1 heterocycles. The van der Waals surface area contributed by atoms with Crippen molar-refractivity contribution in [1.29, 1.82) is 5.41 Å². The SMILES string of the molecule is CC(=O)N1CCN(C(=O)Cc2ccc(N(N)C(=N)N)cc2)CC1. The molecule has 1 saturated heterocycles. The molecule has 1 fully saturated rings. The number of hydrazine groups is 1. The zero-order valence-corrected chi connectivity index (χ0v) is 13.2. The first-order valence-corrected chi connectivity index (χ1v) is 7.39. The second-order valence-electron chi connectivity index (χ2n) is 5.49. The molecular weight excluding hydrogens is 296 g/mol. The summed E-state index contributed by atoms with van der Waals surface area (Å²) in [5, 5.41) is 8.34. The summed E-state index contributed by atoms with van der Waals surface area (Å²) in [7, 11) is 0. The molecule has 23 heavy (non-hydrogen) atoms. The van der Waals surface area contributed by atoms with E-state index in [0.717, 1.165) is 10.6 Å². The normalized spacial score (nSPS) is 14.5. The van der Waals surface area contributed by atoms with Gasteiger partial charge >= 0.3 is 0 Å². The molecule has 0 unspecified atom stereocenters. The maximum atomic E-state index is 12.3. The third-order valence-electron chi connectivity index (χ3n) is 3.91. The van der Waals surface area contributed by atoms with E-state index in [1.54, 1.807) is 41.0 Å². The standard InChI is InChI=1S/C15H22N6O2/c1-11(22)19-6-8-20(9-7-19)14(23)10-12-2-4-13(5-3-12)21(18)15(16)17/h2-5H,6-10,18H2,1H3,(H3,16,17). The predicted octanol–water partition coefficient (Wildman–Crippen LogP) is -0.507. The molecule has 1 aliphatic rings. The molecule has 2 rings (SSSR count). The first-order valence-electron chi connectivity index (χ1n) is 7.39. The van der Waals surface area contributed by atoms with Gasteiger partial charge in [-0.2, -0.15) is 0 Å². The fraction of sp³-hybridized carbons (Fsp3) is 0.400. The zero-order chi connectivity index (χ0) is 17.0. The van der Waals surface area contributed by atoms with Crippen LogP contribution in [0.3, 0.4) is 0 Å². The largest absolute Gasteiger partial charge is 0.369 e. The monoisotopic (exact) mass is 318 g/mol. The van der Waals surface area contributed by atoms with Crippen LogP contribution in [0.25, 0.3) is 0 Å². The minimum absolute atomic E-state index is 0.0390. The molecule has 0 radical (unpaired) electrons. The first-order chi connectivity index (χ1) is 10.9. The van der Waals surface area contributed by atoms with Crippen molar-refractivity contribution in [2.24, 2.45) is 11.6 Å². The maximum absolute atomic E-state index is 12.3. The Morgan fingerprint density at radius 3 is 2.13 bits per heavy atom. The molecule has 5 N–H and O–H groups in total. The highest BCUT2D eigenvalue weighted by molar-refractivity contribution is 5.91. The number of anilines is 1. The van der Waals surface area contributed by atoms with Crippen molar-refractivity contribution in [2.45, 2.75) is 13.3 Å². The molecule has 8 nitrogen and oxygen atoms in total. The van der Waals surface area contributed by atoms with Crippen molar-refractivity contribution in [3.63, 3.8) is 0 Å². The van der Waals surface area contributed by atoms with Crippen LogP contribution in [0.2, 0.25) is 0 Å². The molecule has 1 aliphatic heterocycles. The van der Waals surface area contributed by atoms with Gasteiger partial charge in [0.25, 0.3) is 0 Å². The fourth-order valence-electron chi connectivity index (χ4n) is 2.47. The summed E-state index contributed by atoms with van der Waals surface area (Å²) >= 11 is 0. The van der Waals surface area contributed by atoms with Crippen LogP contribution in [0.15, 0.2) is 24.3 Å². The summed E-state index contributed by atoms with van der Waals surface area (Å²) in [4.78, 5) is 27.1. The van der Waals surface area contributed by atoms with Gasteiger partial charge < -0.3 is 15.5 Å². The van der Waals surface area contributed by atoms with Crippen LogP contribution in [0.4, 0.5) is 5.69 Å². The lowest BCUT2D eigenvalue weighted by atomic mass is 10.1. The van der Waals surface area contributed by atoms with Gasteiger partial charge in [-0.1, -0.05) is 12.1 Å². The molecule has 0 atom stereocenters. The van der Waals surface area contributed by atoms with Crippen LogP contribution >= 0.6 is 0 Å². The highest BCUT2D eigenvalue weighted by atomic mass is 16.2. The molecule has 2 amide bonds. The molecule has 0 aliphatic carbocycles. The van der Waals surface area contributed by atoms with E-state index in [4.69, 9.17) is 17.0 Å². The van der Waals surface area contributed by atoms with Crippen LogP contribution in [0, 0.1) is 5.41 Å². The summed E-state index contributed by atoms with van der Waals surface area (Å²) in [6, 6.07) is 7.03. The number of rotatable bonds is 3. The Balaban J connectivity index is 1.91. The van der Waals surface area contributed by atoms with Crippen molar-refractivity contribution in [1.82, 2.24) is 9.80 Å². The van der Waals surface area contributed by atoms with Crippen molar-refractivity contribution in [3.8, 4) is 0 Å². The summed E-state index contributed by atoms with van der Waals surface area (Å²) in [5.74, 6) is 5.45. The van der Waals surface area contributed by atoms with Gasteiger partial charge in [0.1, 0.15) is 0 Å². The molecule has 0 spiro atoms. The van der Waals surface area contributed by atoms with Crippen LogP contribution in [0.5, 0.6) is 0 Å².